The Labute approximate surface area is 105 Å². The largest absolute Gasteiger partial charge is 0.277 e. The summed E-state index contributed by atoms with van der Waals surface area (Å²) in [5.41, 5.74) is 2.12. The maximum Gasteiger partial charge on any atom is 0.257 e. The molecule has 0 aliphatic heterocycles. The number of amides is 1. The van der Waals surface area contributed by atoms with E-state index in [0.717, 1.165) is 0 Å². The molecule has 0 bridgehead atoms. The van der Waals surface area contributed by atoms with Crippen LogP contribution >= 0.6 is 11.6 Å². The zero-order valence-corrected chi connectivity index (χ0v) is 11.0. The van der Waals surface area contributed by atoms with Gasteiger partial charge in [0.05, 0.1) is 4.90 Å². The Hall–Kier alpha value is -1.11. The zero-order valence-electron chi connectivity index (χ0n) is 9.40. The van der Waals surface area contributed by atoms with Crippen LogP contribution in [-0.4, -0.2) is 14.3 Å². The van der Waals surface area contributed by atoms with Gasteiger partial charge in [0.1, 0.15) is 0 Å². The number of sulfonamides is 1. The lowest BCUT2D eigenvalue weighted by Gasteiger charge is -2.10. The third-order valence-electron chi connectivity index (χ3n) is 1.94. The molecular formula is C10H13ClN2O3S. The van der Waals surface area contributed by atoms with E-state index in [9.17, 15) is 13.2 Å². The Kier molecular flexibility index (Phi) is 4.50. The average Bonchev–Trinajstić information content (AvgIpc) is 2.26. The number of hydrazine groups is 1. The highest BCUT2D eigenvalue weighted by molar-refractivity contribution is 7.89. The molecule has 0 spiro atoms. The van der Waals surface area contributed by atoms with E-state index < -0.39 is 15.9 Å². The zero-order chi connectivity index (χ0) is 13.1. The van der Waals surface area contributed by atoms with Crippen molar-refractivity contribution in [1.29, 1.82) is 0 Å². The molecule has 0 saturated heterocycles. The van der Waals surface area contributed by atoms with Crippen molar-refractivity contribution in [3.63, 3.8) is 0 Å². The molecule has 17 heavy (non-hydrogen) atoms. The first kappa shape index (κ1) is 14.0. The molecule has 1 rings (SSSR count). The van der Waals surface area contributed by atoms with Crippen LogP contribution in [0, 0.1) is 5.92 Å². The van der Waals surface area contributed by atoms with Gasteiger partial charge in [-0.3, -0.25) is 10.2 Å². The maximum absolute atomic E-state index is 11.7. The standard InChI is InChI=1S/C10H13ClN2O3S/c1-7(2)10(14)12-13-17(15,16)9-5-3-4-8(11)6-9/h3-7,13H,1-2H3,(H,12,14). The van der Waals surface area contributed by atoms with Crippen LogP contribution in [-0.2, 0) is 14.8 Å². The van der Waals surface area contributed by atoms with E-state index in [-0.39, 0.29) is 10.8 Å². The summed E-state index contributed by atoms with van der Waals surface area (Å²) in [6.07, 6.45) is 0. The van der Waals surface area contributed by atoms with Crippen molar-refractivity contribution >= 4 is 27.5 Å². The second-order valence-corrected chi connectivity index (χ2v) is 5.83. The summed E-state index contributed by atoms with van der Waals surface area (Å²) in [5, 5.41) is 0.308. The molecule has 2 N–H and O–H groups in total. The lowest BCUT2D eigenvalue weighted by molar-refractivity contribution is -0.124. The molecule has 94 valence electrons. The summed E-state index contributed by atoms with van der Waals surface area (Å²) in [4.78, 5) is 13.2. The fourth-order valence-electron chi connectivity index (χ4n) is 0.955. The van der Waals surface area contributed by atoms with Crippen LogP contribution in [0.3, 0.4) is 0 Å². The lowest BCUT2D eigenvalue weighted by Crippen LogP contribution is -2.43. The maximum atomic E-state index is 11.7. The molecule has 7 heteroatoms. The molecule has 0 saturated carbocycles. The Morgan fingerprint density at radius 3 is 2.53 bits per heavy atom. The highest BCUT2D eigenvalue weighted by atomic mass is 35.5. The van der Waals surface area contributed by atoms with Gasteiger partial charge in [-0.1, -0.05) is 31.5 Å². The van der Waals surface area contributed by atoms with E-state index in [1.165, 1.54) is 18.2 Å². The smallest absolute Gasteiger partial charge is 0.257 e. The number of halogens is 1. The highest BCUT2D eigenvalue weighted by Gasteiger charge is 2.16. The topological polar surface area (TPSA) is 75.3 Å². The normalized spacial score (nSPS) is 11.5. The Morgan fingerprint density at radius 1 is 1.35 bits per heavy atom. The first-order valence-electron chi connectivity index (χ1n) is 4.90. The number of hydrogen-bond acceptors (Lipinski definition) is 3. The second-order valence-electron chi connectivity index (χ2n) is 3.71. The van der Waals surface area contributed by atoms with Crippen molar-refractivity contribution in [2.75, 3.05) is 0 Å². The molecule has 0 aromatic heterocycles. The fraction of sp³-hybridized carbons (Fsp3) is 0.300. The van der Waals surface area contributed by atoms with Crippen LogP contribution in [0.15, 0.2) is 29.2 Å². The minimum Gasteiger partial charge on any atom is -0.277 e. The van der Waals surface area contributed by atoms with E-state index in [4.69, 9.17) is 11.6 Å². The summed E-state index contributed by atoms with van der Waals surface area (Å²) < 4.78 is 23.5. The van der Waals surface area contributed by atoms with Crippen LogP contribution in [0.1, 0.15) is 13.8 Å². The quantitative estimate of drug-likeness (QED) is 0.814. The third-order valence-corrected chi connectivity index (χ3v) is 3.42. The molecule has 0 heterocycles. The van der Waals surface area contributed by atoms with Crippen molar-refractivity contribution in [1.82, 2.24) is 10.3 Å². The minimum atomic E-state index is -3.78. The molecule has 1 aromatic rings. The van der Waals surface area contributed by atoms with Crippen molar-refractivity contribution in [2.45, 2.75) is 18.7 Å². The highest BCUT2D eigenvalue weighted by Crippen LogP contribution is 2.14. The van der Waals surface area contributed by atoms with E-state index >= 15 is 0 Å². The first-order valence-corrected chi connectivity index (χ1v) is 6.76. The SMILES string of the molecule is CC(C)C(=O)NNS(=O)(=O)c1cccc(Cl)c1. The predicted molar refractivity (Wildman–Crippen MR) is 64.8 cm³/mol. The summed E-state index contributed by atoms with van der Waals surface area (Å²) in [6.45, 7) is 3.31. The van der Waals surface area contributed by atoms with Crippen LogP contribution in [0.25, 0.3) is 0 Å². The van der Waals surface area contributed by atoms with Gasteiger partial charge < -0.3 is 0 Å². The molecule has 0 fully saturated rings. The van der Waals surface area contributed by atoms with Crippen LogP contribution < -0.4 is 10.3 Å². The van der Waals surface area contributed by atoms with Crippen molar-refractivity contribution in [3.05, 3.63) is 29.3 Å². The van der Waals surface area contributed by atoms with Crippen LogP contribution in [0.2, 0.25) is 5.02 Å². The number of carbonyl (C=O) groups excluding carboxylic acids is 1. The van der Waals surface area contributed by atoms with E-state index in [0.29, 0.717) is 5.02 Å². The van der Waals surface area contributed by atoms with Gasteiger partial charge in [0.15, 0.2) is 0 Å². The molecule has 0 unspecified atom stereocenters. The molecule has 1 aromatic carbocycles. The van der Waals surface area contributed by atoms with Gasteiger partial charge in [0.2, 0.25) is 5.91 Å². The van der Waals surface area contributed by atoms with Gasteiger partial charge >= 0.3 is 0 Å². The van der Waals surface area contributed by atoms with Gasteiger partial charge in [0.25, 0.3) is 10.0 Å². The molecule has 5 nitrogen and oxygen atoms in total. The molecular weight excluding hydrogens is 264 g/mol. The number of hydrogen-bond donors (Lipinski definition) is 2. The number of rotatable bonds is 4. The third kappa shape index (κ3) is 3.99. The summed E-state index contributed by atoms with van der Waals surface area (Å²) >= 11 is 5.68. The first-order chi connectivity index (χ1) is 7.83. The molecule has 1 amide bonds. The minimum absolute atomic E-state index is 0.00550. The van der Waals surface area contributed by atoms with Crippen molar-refractivity contribution < 1.29 is 13.2 Å². The summed E-state index contributed by atoms with van der Waals surface area (Å²) in [7, 11) is -3.78. The second kappa shape index (κ2) is 5.48. The van der Waals surface area contributed by atoms with Gasteiger partial charge in [-0.15, -0.1) is 4.83 Å². The number of carbonyl (C=O) groups is 1. The average molecular weight is 277 g/mol. The van der Waals surface area contributed by atoms with Crippen molar-refractivity contribution in [2.24, 2.45) is 5.92 Å². The van der Waals surface area contributed by atoms with Crippen LogP contribution in [0.5, 0.6) is 0 Å². The monoisotopic (exact) mass is 276 g/mol. The van der Waals surface area contributed by atoms with E-state index in [1.807, 2.05) is 4.83 Å². The van der Waals surface area contributed by atoms with Gasteiger partial charge in [-0.25, -0.2) is 8.42 Å². The summed E-state index contributed by atoms with van der Waals surface area (Å²) in [5.74, 6) is -0.715. The lowest BCUT2D eigenvalue weighted by atomic mass is 10.2. The van der Waals surface area contributed by atoms with Gasteiger partial charge in [-0.2, -0.15) is 0 Å². The predicted octanol–water partition coefficient (Wildman–Crippen LogP) is 1.31. The number of benzene rings is 1. The van der Waals surface area contributed by atoms with Gasteiger partial charge in [-0.05, 0) is 18.2 Å². The Morgan fingerprint density at radius 2 is 2.00 bits per heavy atom. The molecule has 0 atom stereocenters. The van der Waals surface area contributed by atoms with E-state index in [1.54, 1.807) is 19.9 Å². The number of nitrogens with one attached hydrogen (secondary N) is 2. The van der Waals surface area contributed by atoms with Crippen molar-refractivity contribution in [3.8, 4) is 0 Å². The molecule has 0 aliphatic carbocycles. The van der Waals surface area contributed by atoms with E-state index in [2.05, 4.69) is 5.43 Å². The summed E-state index contributed by atoms with van der Waals surface area (Å²) in [6, 6.07) is 5.76. The molecule has 0 radical (unpaired) electrons. The van der Waals surface area contributed by atoms with Crippen LogP contribution in [0.4, 0.5) is 0 Å². The fourth-order valence-corrected chi connectivity index (χ4v) is 2.10. The van der Waals surface area contributed by atoms with Gasteiger partial charge in [0, 0.05) is 10.9 Å². The Balaban J connectivity index is 2.80. The molecule has 0 aliphatic rings. The Bertz CT molecular complexity index is 514.